The summed E-state index contributed by atoms with van der Waals surface area (Å²) in [5, 5.41) is 9.99. The minimum absolute atomic E-state index is 0.172. The normalized spacial score (nSPS) is 22.1. The number of hydrogen-bond donors (Lipinski definition) is 2. The highest BCUT2D eigenvalue weighted by atomic mass is 19.1. The number of rotatable bonds is 5. The van der Waals surface area contributed by atoms with E-state index >= 15 is 4.39 Å². The number of likely N-dealkylation sites (tertiary alicyclic amines) is 1. The standard InChI is InChI=1S/C21H24FN7O/c1-4-12(2)28-7-13-9-29(10-14(13)8-28)20-18(22)16-6-23-21(30)17(16)19(26-20)25-15-5-24-27(3)11-15/h4-5,11,13-14H,1-2,6-10H2,3H3,(H,23,30)(H,25,26). The topological polar surface area (TPSA) is 78.3 Å². The fraction of sp³-hybridized carbons (Fsp3) is 0.381. The minimum atomic E-state index is -0.410. The summed E-state index contributed by atoms with van der Waals surface area (Å²) in [7, 11) is 1.80. The molecule has 3 aliphatic rings. The molecule has 5 rings (SSSR count). The third-order valence-electron chi connectivity index (χ3n) is 6.27. The van der Waals surface area contributed by atoms with Gasteiger partial charge in [-0.05, 0) is 6.08 Å². The summed E-state index contributed by atoms with van der Waals surface area (Å²) in [4.78, 5) is 21.2. The first-order chi connectivity index (χ1) is 14.4. The second-order valence-corrected chi connectivity index (χ2v) is 8.19. The van der Waals surface area contributed by atoms with Crippen LogP contribution in [0.2, 0.25) is 0 Å². The van der Waals surface area contributed by atoms with E-state index in [1.807, 2.05) is 4.90 Å². The zero-order valence-electron chi connectivity index (χ0n) is 16.9. The Morgan fingerprint density at radius 2 is 2.07 bits per heavy atom. The van der Waals surface area contributed by atoms with Crippen LogP contribution in [0.1, 0.15) is 15.9 Å². The van der Waals surface area contributed by atoms with Crippen molar-refractivity contribution in [2.24, 2.45) is 18.9 Å². The van der Waals surface area contributed by atoms with Crippen molar-refractivity contribution >= 4 is 23.2 Å². The molecular weight excluding hydrogens is 385 g/mol. The number of aromatic nitrogens is 3. The van der Waals surface area contributed by atoms with E-state index in [0.717, 1.165) is 31.9 Å². The summed E-state index contributed by atoms with van der Waals surface area (Å²) in [5.74, 6) is 0.790. The third-order valence-corrected chi connectivity index (χ3v) is 6.27. The number of halogens is 1. The van der Waals surface area contributed by atoms with Crippen molar-refractivity contribution in [1.29, 1.82) is 0 Å². The van der Waals surface area contributed by atoms with Crippen LogP contribution in [0.3, 0.4) is 0 Å². The maximum absolute atomic E-state index is 15.4. The van der Waals surface area contributed by atoms with E-state index in [9.17, 15) is 4.79 Å². The molecule has 0 spiro atoms. The van der Waals surface area contributed by atoms with Crippen molar-refractivity contribution in [3.8, 4) is 0 Å². The molecule has 0 bridgehead atoms. The molecule has 156 valence electrons. The fourth-order valence-corrected chi connectivity index (χ4v) is 4.72. The molecule has 8 nitrogen and oxygen atoms in total. The van der Waals surface area contributed by atoms with Crippen LogP contribution < -0.4 is 15.5 Å². The predicted octanol–water partition coefficient (Wildman–Crippen LogP) is 2.01. The first-order valence-electron chi connectivity index (χ1n) is 10.0. The molecule has 0 radical (unpaired) electrons. The van der Waals surface area contributed by atoms with Gasteiger partial charge < -0.3 is 20.4 Å². The number of nitrogens with zero attached hydrogens (tertiary/aromatic N) is 5. The lowest BCUT2D eigenvalue weighted by molar-refractivity contribution is 0.0966. The number of pyridine rings is 1. The van der Waals surface area contributed by atoms with Gasteiger partial charge in [0.1, 0.15) is 5.82 Å². The van der Waals surface area contributed by atoms with Crippen LogP contribution in [0.15, 0.2) is 37.3 Å². The summed E-state index contributed by atoms with van der Waals surface area (Å²) in [5.41, 5.74) is 2.27. The number of aryl methyl sites for hydroxylation is 1. The maximum Gasteiger partial charge on any atom is 0.255 e. The number of carbonyl (C=O) groups is 1. The Bertz CT molecular complexity index is 1050. The molecule has 2 saturated heterocycles. The van der Waals surface area contributed by atoms with Crippen molar-refractivity contribution in [3.63, 3.8) is 0 Å². The van der Waals surface area contributed by atoms with E-state index in [1.54, 1.807) is 30.2 Å². The summed E-state index contributed by atoms with van der Waals surface area (Å²) in [6.07, 6.45) is 5.21. The molecule has 0 saturated carbocycles. The monoisotopic (exact) mass is 409 g/mol. The first-order valence-corrected chi connectivity index (χ1v) is 10.0. The molecule has 2 aromatic heterocycles. The molecule has 0 aliphatic carbocycles. The lowest BCUT2D eigenvalue weighted by Gasteiger charge is -2.25. The van der Waals surface area contributed by atoms with Gasteiger partial charge in [0.15, 0.2) is 11.6 Å². The van der Waals surface area contributed by atoms with E-state index in [2.05, 4.69) is 38.8 Å². The largest absolute Gasteiger partial charge is 0.371 e. The van der Waals surface area contributed by atoms with Crippen LogP contribution in [0, 0.1) is 17.7 Å². The number of nitrogens with one attached hydrogen (secondary N) is 2. The van der Waals surface area contributed by atoms with Crippen LogP contribution >= 0.6 is 0 Å². The van der Waals surface area contributed by atoms with Gasteiger partial charge in [-0.2, -0.15) is 5.10 Å². The highest BCUT2D eigenvalue weighted by molar-refractivity contribution is 6.03. The van der Waals surface area contributed by atoms with Crippen LogP contribution in [-0.2, 0) is 13.6 Å². The van der Waals surface area contributed by atoms with Crippen LogP contribution in [-0.4, -0.2) is 51.8 Å². The molecule has 2 atom stereocenters. The zero-order valence-corrected chi connectivity index (χ0v) is 16.9. The summed E-state index contributed by atoms with van der Waals surface area (Å²) < 4.78 is 17.0. The SMILES string of the molecule is C=CC(=C)N1CC2CN(c3nc(Nc4cnn(C)c4)c4c(c3F)CNC4=O)CC2C1. The van der Waals surface area contributed by atoms with Crippen molar-refractivity contribution in [1.82, 2.24) is 25.0 Å². The molecule has 2 unspecified atom stereocenters. The van der Waals surface area contributed by atoms with Crippen LogP contribution in [0.25, 0.3) is 0 Å². The second-order valence-electron chi connectivity index (χ2n) is 8.19. The van der Waals surface area contributed by atoms with Gasteiger partial charge in [-0.1, -0.05) is 13.2 Å². The number of amides is 1. The van der Waals surface area contributed by atoms with E-state index in [0.29, 0.717) is 34.7 Å². The van der Waals surface area contributed by atoms with Gasteiger partial charge >= 0.3 is 0 Å². The lowest BCUT2D eigenvalue weighted by Crippen LogP contribution is -2.29. The van der Waals surface area contributed by atoms with Crippen LogP contribution in [0.4, 0.5) is 21.7 Å². The average Bonchev–Trinajstić information content (AvgIpc) is 3.47. The highest BCUT2D eigenvalue weighted by Gasteiger charge is 2.42. The molecular formula is C21H24FN7O. The van der Waals surface area contributed by atoms with Crippen molar-refractivity contribution in [2.45, 2.75) is 6.54 Å². The third kappa shape index (κ3) is 2.92. The van der Waals surface area contributed by atoms with Gasteiger partial charge in [0.05, 0.1) is 17.4 Å². The summed E-state index contributed by atoms with van der Waals surface area (Å²) >= 11 is 0. The molecule has 2 aromatic rings. The minimum Gasteiger partial charge on any atom is -0.371 e. The Morgan fingerprint density at radius 1 is 1.33 bits per heavy atom. The van der Waals surface area contributed by atoms with Crippen molar-refractivity contribution in [2.75, 3.05) is 36.4 Å². The maximum atomic E-state index is 15.4. The molecule has 2 N–H and O–H groups in total. The van der Waals surface area contributed by atoms with Gasteiger partial charge in [0.25, 0.3) is 5.91 Å². The molecule has 2 fully saturated rings. The number of anilines is 3. The number of carbonyl (C=O) groups excluding carboxylic acids is 1. The Hall–Kier alpha value is -3.36. The summed E-state index contributed by atoms with van der Waals surface area (Å²) in [6.45, 7) is 11.2. The van der Waals surface area contributed by atoms with Gasteiger partial charge in [-0.3, -0.25) is 9.48 Å². The first kappa shape index (κ1) is 18.7. The van der Waals surface area contributed by atoms with Crippen molar-refractivity contribution < 1.29 is 9.18 Å². The van der Waals surface area contributed by atoms with E-state index in [1.165, 1.54) is 0 Å². The van der Waals surface area contributed by atoms with Gasteiger partial charge in [-0.25, -0.2) is 9.37 Å². The predicted molar refractivity (Wildman–Crippen MR) is 112 cm³/mol. The molecule has 1 amide bonds. The zero-order chi connectivity index (χ0) is 21.0. The Labute approximate surface area is 174 Å². The van der Waals surface area contributed by atoms with Crippen LogP contribution in [0.5, 0.6) is 0 Å². The lowest BCUT2D eigenvalue weighted by atomic mass is 10.0. The van der Waals surface area contributed by atoms with E-state index < -0.39 is 5.82 Å². The number of hydrogen-bond acceptors (Lipinski definition) is 6. The molecule has 0 aromatic carbocycles. The second kappa shape index (κ2) is 6.86. The van der Waals surface area contributed by atoms with Crippen molar-refractivity contribution in [3.05, 3.63) is 54.3 Å². The van der Waals surface area contributed by atoms with E-state index in [4.69, 9.17) is 0 Å². The quantitative estimate of drug-likeness (QED) is 0.736. The Kier molecular flexibility index (Phi) is 4.27. The number of allylic oxidation sites excluding steroid dienone is 1. The molecule has 9 heteroatoms. The van der Waals surface area contributed by atoms with Gasteiger partial charge in [0.2, 0.25) is 0 Å². The molecule has 5 heterocycles. The Morgan fingerprint density at radius 3 is 2.70 bits per heavy atom. The smallest absolute Gasteiger partial charge is 0.255 e. The number of fused-ring (bicyclic) bond motifs is 2. The Balaban J connectivity index is 1.45. The summed E-state index contributed by atoms with van der Waals surface area (Å²) in [6, 6.07) is 0. The van der Waals surface area contributed by atoms with E-state index in [-0.39, 0.29) is 18.0 Å². The average molecular weight is 409 g/mol. The molecule has 30 heavy (non-hydrogen) atoms. The molecule has 3 aliphatic heterocycles. The van der Waals surface area contributed by atoms with Gasteiger partial charge in [0, 0.05) is 69.1 Å². The fourth-order valence-electron chi connectivity index (χ4n) is 4.72. The highest BCUT2D eigenvalue weighted by Crippen LogP contribution is 2.38. The van der Waals surface area contributed by atoms with Gasteiger partial charge in [-0.15, -0.1) is 0 Å².